The topological polar surface area (TPSA) is 48.0 Å². The van der Waals surface area contributed by atoms with Gasteiger partial charge in [0.15, 0.2) is 6.29 Å². The van der Waals surface area contributed by atoms with Crippen LogP contribution in [0, 0.1) is 0 Å². The first-order chi connectivity index (χ1) is 3.84. The number of aldehydes is 1. The Hall–Kier alpha value is -1.25. The number of hydrogen-bond donors (Lipinski definition) is 1. The van der Waals surface area contributed by atoms with Gasteiger partial charge < -0.3 is 5.84 Å². The summed E-state index contributed by atoms with van der Waals surface area (Å²) < 4.78 is 1.27. The van der Waals surface area contributed by atoms with Crippen LogP contribution in [0.1, 0.15) is 10.5 Å². The van der Waals surface area contributed by atoms with Crippen LogP contribution in [0.3, 0.4) is 0 Å². The molecular weight excluding hydrogens is 104 g/mol. The fraction of sp³-hybridized carbons (Fsp3) is 0. The standard InChI is InChI=1S/C5H6N2O/c6-7-3-1-2-5(7)4-8/h1-4H,6H2. The van der Waals surface area contributed by atoms with Gasteiger partial charge in [0.05, 0.1) is 0 Å². The fourth-order valence-corrected chi connectivity index (χ4v) is 0.507. The van der Waals surface area contributed by atoms with Crippen molar-refractivity contribution in [2.24, 2.45) is 0 Å². The molecule has 0 atom stereocenters. The Balaban J connectivity index is 3.09. The summed E-state index contributed by atoms with van der Waals surface area (Å²) in [5.41, 5.74) is 0.491. The van der Waals surface area contributed by atoms with Crippen LogP contribution in [0.5, 0.6) is 0 Å². The van der Waals surface area contributed by atoms with E-state index in [1.165, 1.54) is 4.68 Å². The second kappa shape index (κ2) is 1.69. The van der Waals surface area contributed by atoms with Crippen molar-refractivity contribution in [3.05, 3.63) is 24.0 Å². The zero-order valence-electron chi connectivity index (χ0n) is 4.24. The molecule has 1 heterocycles. The molecule has 0 fully saturated rings. The van der Waals surface area contributed by atoms with Crippen LogP contribution in [0.15, 0.2) is 18.3 Å². The number of nitrogens with two attached hydrogens (primary N) is 1. The summed E-state index contributed by atoms with van der Waals surface area (Å²) in [6.45, 7) is 0. The van der Waals surface area contributed by atoms with E-state index in [0.29, 0.717) is 12.0 Å². The van der Waals surface area contributed by atoms with Gasteiger partial charge in [-0.3, -0.25) is 9.47 Å². The number of carbonyl (C=O) groups is 1. The number of nitrogen functional groups attached to an aromatic ring is 1. The first kappa shape index (κ1) is 4.90. The molecule has 0 bridgehead atoms. The summed E-state index contributed by atoms with van der Waals surface area (Å²) in [5, 5.41) is 0. The summed E-state index contributed by atoms with van der Waals surface area (Å²) in [6, 6.07) is 3.36. The molecule has 0 aliphatic carbocycles. The number of aromatic nitrogens is 1. The molecule has 3 nitrogen and oxygen atoms in total. The summed E-state index contributed by atoms with van der Waals surface area (Å²) in [4.78, 5) is 9.99. The van der Waals surface area contributed by atoms with Gasteiger partial charge in [-0.25, -0.2) is 0 Å². The third kappa shape index (κ3) is 0.578. The van der Waals surface area contributed by atoms with E-state index in [0.717, 1.165) is 0 Å². The van der Waals surface area contributed by atoms with Crippen molar-refractivity contribution in [2.45, 2.75) is 0 Å². The summed E-state index contributed by atoms with van der Waals surface area (Å²) in [5.74, 6) is 5.24. The van der Waals surface area contributed by atoms with Crippen molar-refractivity contribution >= 4 is 6.29 Å². The molecule has 1 aromatic rings. The van der Waals surface area contributed by atoms with Crippen LogP contribution in [-0.4, -0.2) is 11.0 Å². The molecule has 42 valence electrons. The van der Waals surface area contributed by atoms with Gasteiger partial charge in [0.2, 0.25) is 0 Å². The van der Waals surface area contributed by atoms with Crippen LogP contribution < -0.4 is 5.84 Å². The van der Waals surface area contributed by atoms with Gasteiger partial charge >= 0.3 is 0 Å². The first-order valence-corrected chi connectivity index (χ1v) is 2.22. The molecule has 0 saturated heterocycles. The summed E-state index contributed by atoms with van der Waals surface area (Å²) in [7, 11) is 0. The Labute approximate surface area is 46.7 Å². The lowest BCUT2D eigenvalue weighted by Crippen LogP contribution is -2.09. The van der Waals surface area contributed by atoms with Gasteiger partial charge in [0, 0.05) is 6.20 Å². The molecule has 0 aromatic carbocycles. The van der Waals surface area contributed by atoms with Crippen molar-refractivity contribution in [2.75, 3.05) is 5.84 Å². The molecule has 8 heavy (non-hydrogen) atoms. The molecule has 3 heteroatoms. The van der Waals surface area contributed by atoms with Gasteiger partial charge in [-0.15, -0.1) is 0 Å². The maximum atomic E-state index is 9.99. The lowest BCUT2D eigenvalue weighted by Gasteiger charge is -1.89. The molecule has 1 aromatic heterocycles. The molecule has 0 saturated carbocycles. The van der Waals surface area contributed by atoms with Gasteiger partial charge in [-0.2, -0.15) is 0 Å². The lowest BCUT2D eigenvalue weighted by molar-refractivity contribution is 0.111. The number of hydrogen-bond acceptors (Lipinski definition) is 2. The predicted octanol–water partition coefficient (Wildman–Crippen LogP) is 0.0144. The lowest BCUT2D eigenvalue weighted by atomic mass is 10.5. The molecule has 1 rings (SSSR count). The van der Waals surface area contributed by atoms with E-state index in [4.69, 9.17) is 5.84 Å². The minimum Gasteiger partial charge on any atom is -0.339 e. The highest BCUT2D eigenvalue weighted by Crippen LogP contribution is 1.90. The third-order valence-corrected chi connectivity index (χ3v) is 0.933. The summed E-state index contributed by atoms with van der Waals surface area (Å²) >= 11 is 0. The molecule has 0 radical (unpaired) electrons. The highest BCUT2D eigenvalue weighted by atomic mass is 16.1. The largest absolute Gasteiger partial charge is 0.339 e. The minimum atomic E-state index is 0.491. The van der Waals surface area contributed by atoms with Crippen molar-refractivity contribution < 1.29 is 4.79 Å². The minimum absolute atomic E-state index is 0.491. The van der Waals surface area contributed by atoms with E-state index >= 15 is 0 Å². The Morgan fingerprint density at radius 1 is 1.75 bits per heavy atom. The molecular formula is C5H6N2O. The van der Waals surface area contributed by atoms with Crippen LogP contribution in [0.2, 0.25) is 0 Å². The normalized spacial score (nSPS) is 9.00. The van der Waals surface area contributed by atoms with E-state index in [1.807, 2.05) is 0 Å². The monoisotopic (exact) mass is 110 g/mol. The number of carbonyl (C=O) groups excluding carboxylic acids is 1. The molecule has 0 unspecified atom stereocenters. The first-order valence-electron chi connectivity index (χ1n) is 2.22. The van der Waals surface area contributed by atoms with Gasteiger partial charge in [0.25, 0.3) is 0 Å². The zero-order chi connectivity index (χ0) is 5.98. The van der Waals surface area contributed by atoms with E-state index in [9.17, 15) is 4.79 Å². The molecule has 0 amide bonds. The predicted molar refractivity (Wildman–Crippen MR) is 30.0 cm³/mol. The van der Waals surface area contributed by atoms with Gasteiger partial charge in [-0.1, -0.05) is 0 Å². The fourth-order valence-electron chi connectivity index (χ4n) is 0.507. The molecule has 2 N–H and O–H groups in total. The molecule has 0 aliphatic heterocycles. The third-order valence-electron chi connectivity index (χ3n) is 0.933. The highest BCUT2D eigenvalue weighted by molar-refractivity contribution is 5.72. The zero-order valence-corrected chi connectivity index (χ0v) is 4.24. The maximum Gasteiger partial charge on any atom is 0.168 e. The SMILES string of the molecule is Nn1cccc1C=O. The average molecular weight is 110 g/mol. The van der Waals surface area contributed by atoms with Crippen LogP contribution in [-0.2, 0) is 0 Å². The summed E-state index contributed by atoms with van der Waals surface area (Å²) in [6.07, 6.45) is 2.32. The van der Waals surface area contributed by atoms with Crippen LogP contribution >= 0.6 is 0 Å². The Morgan fingerprint density at radius 3 is 2.75 bits per heavy atom. The van der Waals surface area contributed by atoms with Crippen molar-refractivity contribution in [3.8, 4) is 0 Å². The number of nitrogens with zero attached hydrogens (tertiary/aromatic N) is 1. The van der Waals surface area contributed by atoms with Crippen molar-refractivity contribution in [1.29, 1.82) is 0 Å². The maximum absolute atomic E-state index is 9.99. The van der Waals surface area contributed by atoms with Crippen LogP contribution in [0.4, 0.5) is 0 Å². The number of rotatable bonds is 1. The average Bonchev–Trinajstić information content (AvgIpc) is 2.14. The molecule has 0 spiro atoms. The van der Waals surface area contributed by atoms with Crippen LogP contribution in [0.25, 0.3) is 0 Å². The second-order valence-electron chi connectivity index (χ2n) is 1.46. The van der Waals surface area contributed by atoms with E-state index in [-0.39, 0.29) is 0 Å². The quantitative estimate of drug-likeness (QED) is 0.409. The van der Waals surface area contributed by atoms with E-state index < -0.39 is 0 Å². The van der Waals surface area contributed by atoms with Gasteiger partial charge in [0.1, 0.15) is 5.69 Å². The van der Waals surface area contributed by atoms with E-state index in [2.05, 4.69) is 0 Å². The van der Waals surface area contributed by atoms with Gasteiger partial charge in [-0.05, 0) is 12.1 Å². The molecule has 0 aliphatic rings. The second-order valence-corrected chi connectivity index (χ2v) is 1.46. The Bertz CT molecular complexity index is 192. The highest BCUT2D eigenvalue weighted by Gasteiger charge is 1.89. The van der Waals surface area contributed by atoms with Crippen molar-refractivity contribution in [1.82, 2.24) is 4.68 Å². The smallest absolute Gasteiger partial charge is 0.168 e. The van der Waals surface area contributed by atoms with E-state index in [1.54, 1.807) is 18.3 Å². The van der Waals surface area contributed by atoms with Crippen molar-refractivity contribution in [3.63, 3.8) is 0 Å². The Kier molecular flexibility index (Phi) is 1.04. The Morgan fingerprint density at radius 2 is 2.50 bits per heavy atom.